The highest BCUT2D eigenvalue weighted by atomic mass is 15.6. The molecule has 2 bridgehead atoms. The van der Waals surface area contributed by atoms with E-state index in [9.17, 15) is 0 Å². The molecule has 0 amide bonds. The number of hydrogen-bond acceptors (Lipinski definition) is 5. The van der Waals surface area contributed by atoms with Crippen LogP contribution in [0.2, 0.25) is 0 Å². The number of fused-ring (bicyclic) bond motifs is 2. The third-order valence-corrected chi connectivity index (χ3v) is 3.04. The van der Waals surface area contributed by atoms with Crippen LogP contribution in [0.3, 0.4) is 0 Å². The Balaban J connectivity index is 1.87. The molecule has 3 atom stereocenters. The summed E-state index contributed by atoms with van der Waals surface area (Å²) in [4.78, 5) is 4.12. The van der Waals surface area contributed by atoms with Gasteiger partial charge >= 0.3 is 0 Å². The van der Waals surface area contributed by atoms with Crippen LogP contribution in [0, 0.1) is 5.92 Å². The molecule has 0 radical (unpaired) electrons. The Morgan fingerprint density at radius 2 is 2.31 bits per heavy atom. The number of nitrogens with zero attached hydrogens (tertiary/aromatic N) is 5. The number of hydrogen-bond donors (Lipinski definition) is 1. The first kappa shape index (κ1) is 7.25. The van der Waals surface area contributed by atoms with E-state index in [4.69, 9.17) is 5.73 Å². The summed E-state index contributed by atoms with van der Waals surface area (Å²) >= 11 is 0. The Kier molecular flexibility index (Phi) is 1.35. The minimum absolute atomic E-state index is 0.276. The van der Waals surface area contributed by atoms with E-state index in [1.54, 1.807) is 4.80 Å². The van der Waals surface area contributed by atoms with Crippen LogP contribution in [0.25, 0.3) is 0 Å². The van der Waals surface area contributed by atoms with Crippen LogP contribution in [0.15, 0.2) is 0 Å². The first-order valence-corrected chi connectivity index (χ1v) is 4.60. The lowest BCUT2D eigenvalue weighted by atomic mass is 10.0. The molecular formula is C7H12N6. The minimum atomic E-state index is 0.276. The minimum Gasteiger partial charge on any atom is -0.365 e. The molecular weight excluding hydrogens is 168 g/mol. The number of anilines is 1. The molecule has 70 valence electrons. The van der Waals surface area contributed by atoms with Gasteiger partial charge in [0.2, 0.25) is 0 Å². The molecule has 1 aromatic rings. The maximum absolute atomic E-state index is 5.43. The van der Waals surface area contributed by atoms with E-state index in [2.05, 4.69) is 20.3 Å². The van der Waals surface area contributed by atoms with Crippen molar-refractivity contribution in [2.75, 3.05) is 25.4 Å². The summed E-state index contributed by atoms with van der Waals surface area (Å²) in [6.07, 6.45) is 1.26. The fourth-order valence-electron chi connectivity index (χ4n) is 2.39. The molecule has 1 aromatic heterocycles. The average molecular weight is 180 g/mol. The van der Waals surface area contributed by atoms with Gasteiger partial charge in [-0.15, -0.1) is 5.10 Å². The lowest BCUT2D eigenvalue weighted by Gasteiger charge is -2.20. The van der Waals surface area contributed by atoms with Gasteiger partial charge in [0.1, 0.15) is 0 Å². The fraction of sp³-hybridized carbons (Fsp3) is 0.857. The van der Waals surface area contributed by atoms with Gasteiger partial charge in [-0.3, -0.25) is 0 Å². The molecule has 0 saturated carbocycles. The van der Waals surface area contributed by atoms with Crippen LogP contribution in [-0.4, -0.2) is 44.7 Å². The van der Waals surface area contributed by atoms with E-state index < -0.39 is 0 Å². The third-order valence-electron chi connectivity index (χ3n) is 3.04. The first-order chi connectivity index (χ1) is 6.33. The lowest BCUT2D eigenvalue weighted by Crippen LogP contribution is -2.27. The maximum Gasteiger partial charge on any atom is 0.260 e. The second-order valence-corrected chi connectivity index (χ2v) is 3.84. The molecule has 6 heteroatoms. The lowest BCUT2D eigenvalue weighted by molar-refractivity contribution is 0.263. The highest BCUT2D eigenvalue weighted by molar-refractivity contribution is 5.07. The van der Waals surface area contributed by atoms with Crippen LogP contribution in [-0.2, 0) is 0 Å². The van der Waals surface area contributed by atoms with Gasteiger partial charge in [0.25, 0.3) is 5.95 Å². The zero-order chi connectivity index (χ0) is 8.84. The smallest absolute Gasteiger partial charge is 0.260 e. The van der Waals surface area contributed by atoms with Gasteiger partial charge in [0, 0.05) is 13.1 Å². The van der Waals surface area contributed by atoms with Gasteiger partial charge in [-0.1, -0.05) is 5.10 Å². The largest absolute Gasteiger partial charge is 0.365 e. The van der Waals surface area contributed by atoms with E-state index >= 15 is 0 Å². The summed E-state index contributed by atoms with van der Waals surface area (Å²) in [5.74, 6) is 0.978. The van der Waals surface area contributed by atoms with E-state index in [-0.39, 0.29) is 5.95 Å². The monoisotopic (exact) mass is 180 g/mol. The second-order valence-electron chi connectivity index (χ2n) is 3.84. The Hall–Kier alpha value is -1.17. The van der Waals surface area contributed by atoms with Crippen molar-refractivity contribution in [3.63, 3.8) is 0 Å². The van der Waals surface area contributed by atoms with Crippen LogP contribution >= 0.6 is 0 Å². The number of aromatic nitrogens is 4. The number of nitrogen functional groups attached to an aromatic ring is 1. The van der Waals surface area contributed by atoms with Crippen LogP contribution < -0.4 is 5.73 Å². The highest BCUT2D eigenvalue weighted by Gasteiger charge is 2.40. The predicted molar refractivity (Wildman–Crippen MR) is 45.8 cm³/mol. The molecule has 2 saturated heterocycles. The summed E-state index contributed by atoms with van der Waals surface area (Å²) in [5.41, 5.74) is 5.43. The van der Waals surface area contributed by atoms with E-state index in [0.717, 1.165) is 6.54 Å². The summed E-state index contributed by atoms with van der Waals surface area (Å²) in [6.45, 7) is 3.47. The van der Waals surface area contributed by atoms with Gasteiger partial charge in [0.05, 0.1) is 6.04 Å². The molecule has 2 N–H and O–H groups in total. The summed E-state index contributed by atoms with van der Waals surface area (Å²) in [7, 11) is 0. The second kappa shape index (κ2) is 2.41. The number of rotatable bonds is 1. The van der Waals surface area contributed by atoms with Gasteiger partial charge in [-0.05, 0) is 24.1 Å². The van der Waals surface area contributed by atoms with E-state index in [1.165, 1.54) is 19.5 Å². The van der Waals surface area contributed by atoms with Crippen molar-refractivity contribution in [3.05, 3.63) is 0 Å². The number of nitrogens with two attached hydrogens (primary N) is 1. The van der Waals surface area contributed by atoms with Crippen LogP contribution in [0.1, 0.15) is 12.5 Å². The van der Waals surface area contributed by atoms with Crippen molar-refractivity contribution in [3.8, 4) is 0 Å². The predicted octanol–water partition coefficient (Wildman–Crippen LogP) is -0.868. The summed E-state index contributed by atoms with van der Waals surface area (Å²) < 4.78 is 0. The SMILES string of the molecule is Nc1nnn([C@@H]2CN3CC[C@H]2C3)n1. The molecule has 2 aliphatic rings. The van der Waals surface area contributed by atoms with E-state index in [1.807, 2.05) is 0 Å². The Morgan fingerprint density at radius 3 is 2.85 bits per heavy atom. The third kappa shape index (κ3) is 1.02. The Morgan fingerprint density at radius 1 is 1.38 bits per heavy atom. The first-order valence-electron chi connectivity index (χ1n) is 4.60. The van der Waals surface area contributed by atoms with Crippen molar-refractivity contribution in [1.82, 2.24) is 25.1 Å². The van der Waals surface area contributed by atoms with Crippen molar-refractivity contribution < 1.29 is 0 Å². The summed E-state index contributed by atoms with van der Waals surface area (Å²) in [6, 6.07) is 0.401. The van der Waals surface area contributed by atoms with Gasteiger partial charge in [-0.25, -0.2) is 0 Å². The molecule has 3 rings (SSSR count). The maximum atomic E-state index is 5.43. The molecule has 2 aliphatic heterocycles. The molecule has 3 heterocycles. The zero-order valence-corrected chi connectivity index (χ0v) is 7.30. The molecule has 1 unspecified atom stereocenters. The number of tetrazole rings is 1. The van der Waals surface area contributed by atoms with E-state index in [0.29, 0.717) is 12.0 Å². The van der Waals surface area contributed by atoms with Crippen molar-refractivity contribution in [1.29, 1.82) is 0 Å². The molecule has 2 fully saturated rings. The molecule has 0 spiro atoms. The topological polar surface area (TPSA) is 72.9 Å². The van der Waals surface area contributed by atoms with Gasteiger partial charge < -0.3 is 10.6 Å². The molecule has 13 heavy (non-hydrogen) atoms. The number of piperidine rings is 1. The highest BCUT2D eigenvalue weighted by Crippen LogP contribution is 2.35. The normalized spacial score (nSPS) is 37.1. The average Bonchev–Trinajstić information content (AvgIpc) is 2.77. The molecule has 0 aliphatic carbocycles. The van der Waals surface area contributed by atoms with Crippen LogP contribution in [0.4, 0.5) is 5.95 Å². The Bertz CT molecular complexity index is 321. The van der Waals surface area contributed by atoms with Crippen molar-refractivity contribution >= 4 is 5.95 Å². The van der Waals surface area contributed by atoms with Crippen LogP contribution in [0.5, 0.6) is 0 Å². The molecule has 6 nitrogen and oxygen atoms in total. The fourth-order valence-corrected chi connectivity index (χ4v) is 2.39. The van der Waals surface area contributed by atoms with Gasteiger partial charge in [-0.2, -0.15) is 4.80 Å². The Labute approximate surface area is 75.7 Å². The van der Waals surface area contributed by atoms with Crippen molar-refractivity contribution in [2.24, 2.45) is 5.92 Å². The van der Waals surface area contributed by atoms with Crippen molar-refractivity contribution in [2.45, 2.75) is 12.5 Å². The standard InChI is InChI=1S/C7H12N6/c8-7-9-11-13(10-7)6-4-12-2-1-5(6)3-12/h5-6H,1-4H2,(H2,8,10)/t5-,6+/m0/s1. The quantitative estimate of drug-likeness (QED) is 0.608. The zero-order valence-electron chi connectivity index (χ0n) is 7.30. The summed E-state index contributed by atoms with van der Waals surface area (Å²) in [5, 5.41) is 11.7. The van der Waals surface area contributed by atoms with Gasteiger partial charge in [0.15, 0.2) is 0 Å². The molecule has 0 aromatic carbocycles.